The van der Waals surface area contributed by atoms with Crippen LogP contribution in [0.1, 0.15) is 31.2 Å². The molecule has 1 fully saturated rings. The third kappa shape index (κ3) is 2.28. The van der Waals surface area contributed by atoms with Crippen LogP contribution in [0.4, 0.5) is 14.5 Å². The second-order valence-corrected chi connectivity index (χ2v) is 4.12. The summed E-state index contributed by atoms with van der Waals surface area (Å²) in [5.41, 5.74) is 2.05. The minimum absolute atomic E-state index is 0.00256. The molecule has 0 saturated heterocycles. The van der Waals surface area contributed by atoms with E-state index < -0.39 is 5.92 Å². The van der Waals surface area contributed by atoms with Gasteiger partial charge >= 0.3 is 0 Å². The molecule has 0 aromatic heterocycles. The largest absolute Gasteiger partial charge is 0.385 e. The van der Waals surface area contributed by atoms with Crippen LogP contribution in [-0.4, -0.2) is 12.5 Å². The molecule has 3 heteroatoms. The molecule has 0 bridgehead atoms. The van der Waals surface area contributed by atoms with Crippen molar-refractivity contribution in [3.8, 4) is 0 Å². The summed E-state index contributed by atoms with van der Waals surface area (Å²) >= 11 is 0. The Balaban J connectivity index is 2.06. The van der Waals surface area contributed by atoms with Gasteiger partial charge in [0, 0.05) is 25.1 Å². The van der Waals surface area contributed by atoms with Gasteiger partial charge in [-0.2, -0.15) is 0 Å². The highest BCUT2D eigenvalue weighted by molar-refractivity contribution is 5.47. The predicted octanol–water partition coefficient (Wildman–Crippen LogP) is 3.63. The van der Waals surface area contributed by atoms with Crippen LogP contribution >= 0.6 is 0 Å². The van der Waals surface area contributed by atoms with Crippen molar-refractivity contribution in [2.75, 3.05) is 11.9 Å². The minimum atomic E-state index is -2.43. The monoisotopic (exact) mass is 211 g/mol. The maximum atomic E-state index is 12.7. The second kappa shape index (κ2) is 3.80. The van der Waals surface area contributed by atoms with Crippen molar-refractivity contribution < 1.29 is 8.78 Å². The quantitative estimate of drug-likeness (QED) is 0.805. The molecule has 1 nitrogen and oxygen atoms in total. The molecule has 1 aliphatic carbocycles. The highest BCUT2D eigenvalue weighted by Gasteiger charge is 2.45. The fourth-order valence-electron chi connectivity index (χ4n) is 2.00. The first kappa shape index (κ1) is 10.4. The Bertz CT molecular complexity index is 341. The smallest absolute Gasteiger partial charge is 0.249 e. The SMILES string of the molecule is CCNc1cccc(C2CC(F)(F)C2)c1. The molecule has 0 heterocycles. The van der Waals surface area contributed by atoms with E-state index >= 15 is 0 Å². The summed E-state index contributed by atoms with van der Waals surface area (Å²) in [6.07, 6.45) is 0.00512. The Morgan fingerprint density at radius 3 is 2.73 bits per heavy atom. The number of halogens is 2. The summed E-state index contributed by atoms with van der Waals surface area (Å²) in [6.45, 7) is 2.87. The molecule has 0 radical (unpaired) electrons. The van der Waals surface area contributed by atoms with Crippen LogP contribution in [0.15, 0.2) is 24.3 Å². The topological polar surface area (TPSA) is 12.0 Å². The number of hydrogen-bond acceptors (Lipinski definition) is 1. The molecule has 1 saturated carbocycles. The number of nitrogens with one attached hydrogen (secondary N) is 1. The molecule has 1 aromatic rings. The first-order valence-electron chi connectivity index (χ1n) is 5.32. The lowest BCUT2D eigenvalue weighted by Gasteiger charge is -2.35. The van der Waals surface area contributed by atoms with E-state index in [-0.39, 0.29) is 18.8 Å². The van der Waals surface area contributed by atoms with Crippen molar-refractivity contribution in [2.45, 2.75) is 31.6 Å². The van der Waals surface area contributed by atoms with Crippen LogP contribution in [0.3, 0.4) is 0 Å². The van der Waals surface area contributed by atoms with Crippen LogP contribution < -0.4 is 5.32 Å². The average Bonchev–Trinajstić information content (AvgIpc) is 2.15. The molecule has 2 rings (SSSR count). The van der Waals surface area contributed by atoms with E-state index in [4.69, 9.17) is 0 Å². The lowest BCUT2D eigenvalue weighted by atomic mass is 9.77. The van der Waals surface area contributed by atoms with Gasteiger partial charge in [0.05, 0.1) is 0 Å². The van der Waals surface area contributed by atoms with E-state index in [1.54, 1.807) is 0 Å². The molecule has 1 aliphatic rings. The van der Waals surface area contributed by atoms with Crippen LogP contribution in [0.2, 0.25) is 0 Å². The number of benzene rings is 1. The summed E-state index contributed by atoms with van der Waals surface area (Å²) in [5, 5.41) is 3.18. The van der Waals surface area contributed by atoms with E-state index in [1.807, 2.05) is 31.2 Å². The first-order valence-corrected chi connectivity index (χ1v) is 5.32. The van der Waals surface area contributed by atoms with Crippen molar-refractivity contribution in [1.82, 2.24) is 0 Å². The number of rotatable bonds is 3. The summed E-state index contributed by atoms with van der Waals surface area (Å²) in [4.78, 5) is 0. The Kier molecular flexibility index (Phi) is 2.63. The van der Waals surface area contributed by atoms with Crippen LogP contribution in [0.5, 0.6) is 0 Å². The summed E-state index contributed by atoms with van der Waals surface area (Å²) in [6, 6.07) is 7.79. The molecule has 0 amide bonds. The molecular formula is C12H15F2N. The van der Waals surface area contributed by atoms with Gasteiger partial charge in [0.1, 0.15) is 0 Å². The van der Waals surface area contributed by atoms with Gasteiger partial charge in [0.25, 0.3) is 0 Å². The molecular weight excluding hydrogens is 196 g/mol. The predicted molar refractivity (Wildman–Crippen MR) is 57.5 cm³/mol. The lowest BCUT2D eigenvalue weighted by Crippen LogP contribution is -2.33. The van der Waals surface area contributed by atoms with Crippen LogP contribution in [0.25, 0.3) is 0 Å². The maximum Gasteiger partial charge on any atom is 0.249 e. The zero-order valence-corrected chi connectivity index (χ0v) is 8.76. The van der Waals surface area contributed by atoms with Crippen LogP contribution in [0, 0.1) is 0 Å². The Morgan fingerprint density at radius 1 is 1.40 bits per heavy atom. The lowest BCUT2D eigenvalue weighted by molar-refractivity contribution is -0.0867. The maximum absolute atomic E-state index is 12.7. The number of hydrogen-bond donors (Lipinski definition) is 1. The van der Waals surface area contributed by atoms with Gasteiger partial charge in [-0.15, -0.1) is 0 Å². The molecule has 15 heavy (non-hydrogen) atoms. The third-order valence-corrected chi connectivity index (χ3v) is 2.83. The van der Waals surface area contributed by atoms with E-state index in [9.17, 15) is 8.78 Å². The molecule has 0 aliphatic heterocycles. The van der Waals surface area contributed by atoms with Gasteiger partial charge in [0.2, 0.25) is 5.92 Å². The number of anilines is 1. The Morgan fingerprint density at radius 2 is 2.13 bits per heavy atom. The van der Waals surface area contributed by atoms with Gasteiger partial charge in [-0.25, -0.2) is 8.78 Å². The van der Waals surface area contributed by atoms with Gasteiger partial charge in [-0.1, -0.05) is 12.1 Å². The summed E-state index contributed by atoms with van der Waals surface area (Å²) < 4.78 is 25.4. The molecule has 0 spiro atoms. The van der Waals surface area contributed by atoms with Crippen molar-refractivity contribution >= 4 is 5.69 Å². The Labute approximate surface area is 88.5 Å². The number of alkyl halides is 2. The van der Waals surface area contributed by atoms with Crippen molar-refractivity contribution in [3.05, 3.63) is 29.8 Å². The normalized spacial score (nSPS) is 19.7. The molecule has 82 valence electrons. The molecule has 0 atom stereocenters. The van der Waals surface area contributed by atoms with E-state index in [0.717, 1.165) is 17.8 Å². The summed E-state index contributed by atoms with van der Waals surface area (Å²) in [7, 11) is 0. The molecule has 0 unspecified atom stereocenters. The van der Waals surface area contributed by atoms with Crippen molar-refractivity contribution in [3.63, 3.8) is 0 Å². The summed E-state index contributed by atoms with van der Waals surface area (Å²) in [5.74, 6) is -2.39. The van der Waals surface area contributed by atoms with Gasteiger partial charge < -0.3 is 5.32 Å². The highest BCUT2D eigenvalue weighted by Crippen LogP contribution is 2.48. The fraction of sp³-hybridized carbons (Fsp3) is 0.500. The van der Waals surface area contributed by atoms with Crippen LogP contribution in [-0.2, 0) is 0 Å². The first-order chi connectivity index (χ1) is 7.11. The molecule has 1 N–H and O–H groups in total. The third-order valence-electron chi connectivity index (χ3n) is 2.83. The zero-order valence-electron chi connectivity index (χ0n) is 8.76. The van der Waals surface area contributed by atoms with Gasteiger partial charge in [0.15, 0.2) is 0 Å². The fourth-order valence-corrected chi connectivity index (χ4v) is 2.00. The highest BCUT2D eigenvalue weighted by atomic mass is 19.3. The zero-order chi connectivity index (χ0) is 10.9. The second-order valence-electron chi connectivity index (χ2n) is 4.12. The van der Waals surface area contributed by atoms with Crippen molar-refractivity contribution in [2.24, 2.45) is 0 Å². The van der Waals surface area contributed by atoms with Crippen molar-refractivity contribution in [1.29, 1.82) is 0 Å². The average molecular weight is 211 g/mol. The Hall–Kier alpha value is -1.12. The van der Waals surface area contributed by atoms with Gasteiger partial charge in [-0.3, -0.25) is 0 Å². The standard InChI is InChI=1S/C12H15F2N/c1-2-15-11-5-3-4-9(6-11)10-7-12(13,14)8-10/h3-6,10,15H,2,7-8H2,1H3. The van der Waals surface area contributed by atoms with E-state index in [0.29, 0.717) is 0 Å². The van der Waals surface area contributed by atoms with Gasteiger partial charge in [-0.05, 0) is 30.5 Å². The minimum Gasteiger partial charge on any atom is -0.385 e. The van der Waals surface area contributed by atoms with E-state index in [2.05, 4.69) is 5.32 Å². The molecule has 1 aromatic carbocycles. The van der Waals surface area contributed by atoms with E-state index in [1.165, 1.54) is 0 Å².